The fourth-order valence-corrected chi connectivity index (χ4v) is 4.53. The zero-order chi connectivity index (χ0) is 12.8. The lowest BCUT2D eigenvalue weighted by molar-refractivity contribution is -0.0927. The number of fused-ring (bicyclic) bond motifs is 1. The third-order valence-electron chi connectivity index (χ3n) is 5.59. The van der Waals surface area contributed by atoms with Crippen LogP contribution < -0.4 is 0 Å². The fraction of sp³-hybridized carbons (Fsp3) is 0.867. The second-order valence-corrected chi connectivity index (χ2v) is 6.96. The average molecular weight is 238 g/mol. The molecular weight excluding hydrogens is 212 g/mol. The van der Waals surface area contributed by atoms with E-state index in [2.05, 4.69) is 27.4 Å². The second-order valence-electron chi connectivity index (χ2n) is 6.96. The molecule has 0 aromatic carbocycles. The number of hydrogen-bond donors (Lipinski definition) is 2. The standard InChI is InChI=1S/C15H26O2/c1-10-11(9-16)15(4)7-5-6-14(2,3)13(15)8-12(10)17/h11-13,16-17H,1,5-9H2,2-4H3/t11-,12+,13-,15+/m0/s1. The van der Waals surface area contributed by atoms with Crippen molar-refractivity contribution < 1.29 is 10.2 Å². The van der Waals surface area contributed by atoms with E-state index in [1.54, 1.807) is 0 Å². The SMILES string of the molecule is C=C1[C@H](O)C[C@H]2C(C)(C)CCC[C@]2(C)[C@H]1CO. The molecule has 2 heteroatoms. The normalized spacial score (nSPS) is 45.5. The molecule has 0 heterocycles. The Morgan fingerprint density at radius 3 is 2.53 bits per heavy atom. The minimum Gasteiger partial charge on any atom is -0.396 e. The van der Waals surface area contributed by atoms with Gasteiger partial charge in [0.1, 0.15) is 0 Å². The summed E-state index contributed by atoms with van der Waals surface area (Å²) in [7, 11) is 0. The molecule has 2 nitrogen and oxygen atoms in total. The van der Waals surface area contributed by atoms with Gasteiger partial charge in [0.25, 0.3) is 0 Å². The molecule has 2 aliphatic rings. The van der Waals surface area contributed by atoms with Crippen LogP contribution in [-0.2, 0) is 0 Å². The zero-order valence-corrected chi connectivity index (χ0v) is 11.4. The van der Waals surface area contributed by atoms with Crippen molar-refractivity contribution in [2.24, 2.45) is 22.7 Å². The third kappa shape index (κ3) is 1.86. The maximum atomic E-state index is 10.2. The average Bonchev–Trinajstić information content (AvgIpc) is 2.22. The molecule has 2 aliphatic carbocycles. The first-order valence-electron chi connectivity index (χ1n) is 6.80. The highest BCUT2D eigenvalue weighted by Gasteiger charge is 2.54. The largest absolute Gasteiger partial charge is 0.396 e. The molecule has 0 bridgehead atoms. The topological polar surface area (TPSA) is 40.5 Å². The molecular formula is C15H26O2. The van der Waals surface area contributed by atoms with Gasteiger partial charge in [-0.15, -0.1) is 0 Å². The van der Waals surface area contributed by atoms with Crippen molar-refractivity contribution in [3.8, 4) is 0 Å². The molecule has 2 fully saturated rings. The number of aliphatic hydroxyl groups excluding tert-OH is 2. The van der Waals surface area contributed by atoms with Crippen molar-refractivity contribution in [2.75, 3.05) is 6.61 Å². The smallest absolute Gasteiger partial charge is 0.0754 e. The van der Waals surface area contributed by atoms with Gasteiger partial charge in [0, 0.05) is 5.92 Å². The molecule has 0 saturated heterocycles. The Bertz CT molecular complexity index is 321. The monoisotopic (exact) mass is 238 g/mol. The Labute approximate surface area is 105 Å². The first kappa shape index (κ1) is 13.1. The highest BCUT2D eigenvalue weighted by molar-refractivity contribution is 5.19. The van der Waals surface area contributed by atoms with Gasteiger partial charge in [-0.05, 0) is 41.6 Å². The Morgan fingerprint density at radius 1 is 1.29 bits per heavy atom. The van der Waals surface area contributed by atoms with Crippen LogP contribution in [-0.4, -0.2) is 22.9 Å². The van der Waals surface area contributed by atoms with Gasteiger partial charge in [-0.25, -0.2) is 0 Å². The lowest BCUT2D eigenvalue weighted by Gasteiger charge is -2.58. The van der Waals surface area contributed by atoms with E-state index >= 15 is 0 Å². The van der Waals surface area contributed by atoms with E-state index < -0.39 is 6.10 Å². The minimum absolute atomic E-state index is 0.0656. The van der Waals surface area contributed by atoms with Crippen LogP contribution in [0.3, 0.4) is 0 Å². The van der Waals surface area contributed by atoms with Crippen LogP contribution in [0.1, 0.15) is 46.5 Å². The molecule has 2 N–H and O–H groups in total. The van der Waals surface area contributed by atoms with Gasteiger partial charge in [-0.1, -0.05) is 33.8 Å². The molecule has 17 heavy (non-hydrogen) atoms. The molecule has 0 amide bonds. The maximum Gasteiger partial charge on any atom is 0.0754 e. The fourth-order valence-electron chi connectivity index (χ4n) is 4.53. The van der Waals surface area contributed by atoms with Crippen LogP contribution in [0.15, 0.2) is 12.2 Å². The van der Waals surface area contributed by atoms with Gasteiger partial charge in [0.15, 0.2) is 0 Å². The summed E-state index contributed by atoms with van der Waals surface area (Å²) in [6.07, 6.45) is 3.99. The molecule has 98 valence electrons. The Kier molecular flexibility index (Phi) is 3.16. The van der Waals surface area contributed by atoms with Crippen LogP contribution in [0, 0.1) is 22.7 Å². The van der Waals surface area contributed by atoms with E-state index in [4.69, 9.17) is 0 Å². The predicted octanol–water partition coefficient (Wildman–Crippen LogP) is 2.75. The number of aliphatic hydroxyl groups is 2. The summed E-state index contributed by atoms with van der Waals surface area (Å²) in [5.74, 6) is 0.553. The van der Waals surface area contributed by atoms with Gasteiger partial charge >= 0.3 is 0 Å². The first-order chi connectivity index (χ1) is 7.83. The Balaban J connectivity index is 2.39. The van der Waals surface area contributed by atoms with Crippen LogP contribution in [0.5, 0.6) is 0 Å². The molecule has 0 unspecified atom stereocenters. The molecule has 0 aromatic heterocycles. The highest BCUT2D eigenvalue weighted by atomic mass is 16.3. The van der Waals surface area contributed by atoms with E-state index in [0.29, 0.717) is 5.92 Å². The van der Waals surface area contributed by atoms with Crippen molar-refractivity contribution >= 4 is 0 Å². The van der Waals surface area contributed by atoms with Crippen molar-refractivity contribution in [2.45, 2.75) is 52.6 Å². The van der Waals surface area contributed by atoms with Crippen LogP contribution in [0.2, 0.25) is 0 Å². The summed E-state index contributed by atoms with van der Waals surface area (Å²) in [6.45, 7) is 11.1. The van der Waals surface area contributed by atoms with Crippen LogP contribution in [0.4, 0.5) is 0 Å². The quantitative estimate of drug-likeness (QED) is 0.690. The lowest BCUT2D eigenvalue weighted by Crippen LogP contribution is -2.53. The van der Waals surface area contributed by atoms with Gasteiger partial charge in [-0.3, -0.25) is 0 Å². The van der Waals surface area contributed by atoms with Crippen molar-refractivity contribution in [3.63, 3.8) is 0 Å². The summed E-state index contributed by atoms with van der Waals surface area (Å²) >= 11 is 0. The van der Waals surface area contributed by atoms with Gasteiger partial charge in [-0.2, -0.15) is 0 Å². The minimum atomic E-state index is -0.428. The molecule has 2 saturated carbocycles. The van der Waals surface area contributed by atoms with Crippen LogP contribution >= 0.6 is 0 Å². The maximum absolute atomic E-state index is 10.2. The van der Waals surface area contributed by atoms with E-state index in [9.17, 15) is 10.2 Å². The van der Waals surface area contributed by atoms with Crippen LogP contribution in [0.25, 0.3) is 0 Å². The van der Waals surface area contributed by atoms with Crippen molar-refractivity contribution in [1.29, 1.82) is 0 Å². The van der Waals surface area contributed by atoms with Crippen molar-refractivity contribution in [3.05, 3.63) is 12.2 Å². The van der Waals surface area contributed by atoms with Gasteiger partial charge in [0.2, 0.25) is 0 Å². The van der Waals surface area contributed by atoms with E-state index in [1.165, 1.54) is 12.8 Å². The lowest BCUT2D eigenvalue weighted by atomic mass is 9.47. The molecule has 2 rings (SSSR count). The third-order valence-corrected chi connectivity index (χ3v) is 5.59. The van der Waals surface area contributed by atoms with Crippen molar-refractivity contribution in [1.82, 2.24) is 0 Å². The Morgan fingerprint density at radius 2 is 1.94 bits per heavy atom. The number of hydrogen-bond acceptors (Lipinski definition) is 2. The molecule has 4 atom stereocenters. The molecule has 0 aliphatic heterocycles. The molecule has 0 radical (unpaired) electrons. The summed E-state index contributed by atoms with van der Waals surface area (Å²) in [5.41, 5.74) is 1.23. The summed E-state index contributed by atoms with van der Waals surface area (Å²) in [4.78, 5) is 0. The zero-order valence-electron chi connectivity index (χ0n) is 11.4. The summed E-state index contributed by atoms with van der Waals surface area (Å²) < 4.78 is 0. The second kappa shape index (κ2) is 4.10. The highest BCUT2D eigenvalue weighted by Crippen LogP contribution is 2.60. The van der Waals surface area contributed by atoms with E-state index in [0.717, 1.165) is 18.4 Å². The van der Waals surface area contributed by atoms with E-state index in [-0.39, 0.29) is 23.4 Å². The summed E-state index contributed by atoms with van der Waals surface area (Å²) in [5, 5.41) is 19.8. The molecule has 0 spiro atoms. The Hall–Kier alpha value is -0.340. The summed E-state index contributed by atoms with van der Waals surface area (Å²) in [6, 6.07) is 0. The van der Waals surface area contributed by atoms with Gasteiger partial charge < -0.3 is 10.2 Å². The van der Waals surface area contributed by atoms with Gasteiger partial charge in [0.05, 0.1) is 12.7 Å². The predicted molar refractivity (Wildman–Crippen MR) is 69.6 cm³/mol. The number of rotatable bonds is 1. The molecule has 0 aromatic rings. The first-order valence-corrected chi connectivity index (χ1v) is 6.80. The van der Waals surface area contributed by atoms with E-state index in [1.807, 2.05) is 0 Å².